The van der Waals surface area contributed by atoms with Crippen LogP contribution in [0.3, 0.4) is 0 Å². The van der Waals surface area contributed by atoms with Gasteiger partial charge in [0, 0.05) is 6.04 Å². The Labute approximate surface area is 115 Å². The number of nitrogen functional groups attached to an aromatic ring is 1. The van der Waals surface area contributed by atoms with E-state index >= 15 is 0 Å². The summed E-state index contributed by atoms with van der Waals surface area (Å²) in [6, 6.07) is 5.01. The van der Waals surface area contributed by atoms with E-state index in [0.717, 1.165) is 12.1 Å². The third-order valence-electron chi connectivity index (χ3n) is 2.83. The van der Waals surface area contributed by atoms with Gasteiger partial charge in [0.25, 0.3) is 0 Å². The zero-order valence-electron chi connectivity index (χ0n) is 11.9. The normalized spacial score (nSPS) is 13.5. The highest BCUT2D eigenvalue weighted by atomic mass is 32.2. The van der Waals surface area contributed by atoms with Crippen LogP contribution in [0.2, 0.25) is 0 Å². The van der Waals surface area contributed by atoms with Crippen molar-refractivity contribution < 1.29 is 8.42 Å². The second-order valence-electron chi connectivity index (χ2n) is 5.13. The molecule has 0 spiro atoms. The van der Waals surface area contributed by atoms with Gasteiger partial charge in [-0.1, -0.05) is 13.8 Å². The van der Waals surface area contributed by atoms with Crippen molar-refractivity contribution in [2.24, 2.45) is 5.92 Å². The Bertz CT molecular complexity index is 527. The highest BCUT2D eigenvalue weighted by molar-refractivity contribution is 7.89. The van der Waals surface area contributed by atoms with E-state index in [-0.39, 0.29) is 10.9 Å². The van der Waals surface area contributed by atoms with E-state index in [9.17, 15) is 8.42 Å². The molecule has 5 nitrogen and oxygen atoms in total. The molecule has 6 heteroatoms. The van der Waals surface area contributed by atoms with Gasteiger partial charge >= 0.3 is 0 Å². The van der Waals surface area contributed by atoms with E-state index in [0.29, 0.717) is 11.6 Å². The van der Waals surface area contributed by atoms with Crippen LogP contribution in [0.1, 0.15) is 27.2 Å². The third-order valence-corrected chi connectivity index (χ3v) is 4.24. The van der Waals surface area contributed by atoms with E-state index in [2.05, 4.69) is 30.8 Å². The quantitative estimate of drug-likeness (QED) is 0.698. The Morgan fingerprint density at radius 3 is 2.37 bits per heavy atom. The van der Waals surface area contributed by atoms with Gasteiger partial charge in [-0.3, -0.25) is 0 Å². The van der Waals surface area contributed by atoms with Crippen LogP contribution in [0.25, 0.3) is 0 Å². The van der Waals surface area contributed by atoms with Crippen LogP contribution >= 0.6 is 0 Å². The summed E-state index contributed by atoms with van der Waals surface area (Å²) < 4.78 is 25.6. The van der Waals surface area contributed by atoms with E-state index in [1.807, 2.05) is 0 Å². The first kappa shape index (κ1) is 15.8. The summed E-state index contributed by atoms with van der Waals surface area (Å²) in [6.07, 6.45) is 1.02. The number of sulfonamides is 1. The number of anilines is 2. The molecule has 1 aromatic rings. The molecule has 0 aliphatic rings. The van der Waals surface area contributed by atoms with Gasteiger partial charge in [-0.15, -0.1) is 0 Å². The lowest BCUT2D eigenvalue weighted by Gasteiger charge is -2.19. The summed E-state index contributed by atoms with van der Waals surface area (Å²) in [4.78, 5) is 0.176. The number of nitrogens with one attached hydrogen (secondary N) is 2. The summed E-state index contributed by atoms with van der Waals surface area (Å²) >= 11 is 0. The second-order valence-corrected chi connectivity index (χ2v) is 7.02. The van der Waals surface area contributed by atoms with Crippen LogP contribution in [0, 0.1) is 5.92 Å². The minimum Gasteiger partial charge on any atom is -0.397 e. The fourth-order valence-corrected chi connectivity index (χ4v) is 2.75. The molecular weight excluding hydrogens is 262 g/mol. The van der Waals surface area contributed by atoms with E-state index < -0.39 is 10.0 Å². The molecule has 1 rings (SSSR count). The number of benzene rings is 1. The molecular formula is C13H23N3O2S. The van der Waals surface area contributed by atoms with Gasteiger partial charge in [0.15, 0.2) is 0 Å². The number of hydrogen-bond acceptors (Lipinski definition) is 4. The monoisotopic (exact) mass is 285 g/mol. The molecule has 0 bridgehead atoms. The van der Waals surface area contributed by atoms with Crippen LogP contribution in [0.15, 0.2) is 23.1 Å². The van der Waals surface area contributed by atoms with E-state index in [1.165, 1.54) is 13.1 Å². The zero-order chi connectivity index (χ0) is 14.6. The number of nitrogens with two attached hydrogens (primary N) is 1. The molecule has 19 heavy (non-hydrogen) atoms. The lowest BCUT2D eigenvalue weighted by Crippen LogP contribution is -2.20. The van der Waals surface area contributed by atoms with Gasteiger partial charge in [-0.05, 0) is 44.5 Å². The Balaban J connectivity index is 2.90. The molecule has 0 saturated carbocycles. The number of rotatable bonds is 6. The van der Waals surface area contributed by atoms with Gasteiger partial charge in [-0.2, -0.15) is 0 Å². The maximum absolute atomic E-state index is 11.6. The van der Waals surface area contributed by atoms with E-state index in [1.54, 1.807) is 12.1 Å². The molecule has 108 valence electrons. The van der Waals surface area contributed by atoms with Crippen molar-refractivity contribution in [1.82, 2.24) is 4.72 Å². The molecule has 0 aromatic heterocycles. The highest BCUT2D eigenvalue weighted by Crippen LogP contribution is 2.24. The molecule has 0 saturated heterocycles. The first-order valence-corrected chi connectivity index (χ1v) is 7.84. The van der Waals surface area contributed by atoms with Crippen molar-refractivity contribution in [2.45, 2.75) is 38.1 Å². The molecule has 1 aromatic carbocycles. The Morgan fingerprint density at radius 2 is 1.89 bits per heavy atom. The molecule has 0 radical (unpaired) electrons. The first-order valence-electron chi connectivity index (χ1n) is 6.36. The minimum absolute atomic E-state index is 0.176. The lowest BCUT2D eigenvalue weighted by atomic mass is 10.0. The van der Waals surface area contributed by atoms with Gasteiger partial charge in [0.1, 0.15) is 0 Å². The van der Waals surface area contributed by atoms with Crippen LogP contribution < -0.4 is 15.8 Å². The summed E-state index contributed by atoms with van der Waals surface area (Å²) in [5, 5.41) is 3.30. The van der Waals surface area contributed by atoms with E-state index in [4.69, 9.17) is 5.73 Å². The average Bonchev–Trinajstić information content (AvgIpc) is 2.30. The summed E-state index contributed by atoms with van der Waals surface area (Å²) in [5.74, 6) is 0.590. The molecule has 0 amide bonds. The largest absolute Gasteiger partial charge is 0.397 e. The number of hydrogen-bond donors (Lipinski definition) is 3. The van der Waals surface area contributed by atoms with Crippen molar-refractivity contribution in [1.29, 1.82) is 0 Å². The molecule has 0 heterocycles. The first-order chi connectivity index (χ1) is 8.76. The summed E-state index contributed by atoms with van der Waals surface area (Å²) in [7, 11) is -2.07. The second kappa shape index (κ2) is 6.25. The van der Waals surface area contributed by atoms with Crippen LogP contribution in [0.5, 0.6) is 0 Å². The topological polar surface area (TPSA) is 84.2 Å². The van der Waals surface area contributed by atoms with Gasteiger partial charge in [-0.25, -0.2) is 13.1 Å². The standard InChI is InChI=1S/C13H23N3O2S/c1-9(2)7-10(3)16-13-6-5-11(8-12(13)14)19(17,18)15-4/h5-6,8-10,15-16H,7,14H2,1-4H3. The summed E-state index contributed by atoms with van der Waals surface area (Å²) in [6.45, 7) is 6.39. The fraction of sp³-hybridized carbons (Fsp3) is 0.538. The van der Waals surface area contributed by atoms with Crippen LogP contribution in [0.4, 0.5) is 11.4 Å². The third kappa shape index (κ3) is 4.40. The minimum atomic E-state index is -3.44. The van der Waals surface area contributed by atoms with Gasteiger partial charge < -0.3 is 11.1 Å². The zero-order valence-corrected chi connectivity index (χ0v) is 12.7. The SMILES string of the molecule is CNS(=O)(=O)c1ccc(NC(C)CC(C)C)c(N)c1. The van der Waals surface area contributed by atoms with Crippen LogP contribution in [-0.4, -0.2) is 21.5 Å². The van der Waals surface area contributed by atoms with Gasteiger partial charge in [0.2, 0.25) is 10.0 Å². The maximum atomic E-state index is 11.6. The Morgan fingerprint density at radius 1 is 1.26 bits per heavy atom. The van der Waals surface area contributed by atoms with Crippen molar-refractivity contribution in [3.63, 3.8) is 0 Å². The molecule has 1 unspecified atom stereocenters. The average molecular weight is 285 g/mol. The molecule has 0 aliphatic carbocycles. The van der Waals surface area contributed by atoms with Crippen molar-refractivity contribution in [3.05, 3.63) is 18.2 Å². The molecule has 4 N–H and O–H groups in total. The van der Waals surface area contributed by atoms with Crippen molar-refractivity contribution >= 4 is 21.4 Å². The van der Waals surface area contributed by atoms with Crippen LogP contribution in [-0.2, 0) is 10.0 Å². The lowest BCUT2D eigenvalue weighted by molar-refractivity contribution is 0.540. The Hall–Kier alpha value is -1.27. The predicted molar refractivity (Wildman–Crippen MR) is 79.6 cm³/mol. The molecule has 0 fully saturated rings. The smallest absolute Gasteiger partial charge is 0.240 e. The predicted octanol–water partition coefficient (Wildman–Crippen LogP) is 2.02. The van der Waals surface area contributed by atoms with Crippen molar-refractivity contribution in [3.8, 4) is 0 Å². The fourth-order valence-electron chi connectivity index (χ4n) is 1.99. The van der Waals surface area contributed by atoms with Gasteiger partial charge in [0.05, 0.1) is 16.3 Å². The maximum Gasteiger partial charge on any atom is 0.240 e. The molecule has 1 atom stereocenters. The Kier molecular flexibility index (Phi) is 5.20. The molecule has 0 aliphatic heterocycles. The van der Waals surface area contributed by atoms with Crippen molar-refractivity contribution in [2.75, 3.05) is 18.1 Å². The summed E-state index contributed by atoms with van der Waals surface area (Å²) in [5.41, 5.74) is 7.10. The highest BCUT2D eigenvalue weighted by Gasteiger charge is 2.14.